The number of ketones is 1. The van der Waals surface area contributed by atoms with Crippen molar-refractivity contribution in [1.82, 2.24) is 0 Å². The number of allylic oxidation sites excluding steroid dienone is 1. The molecule has 0 fully saturated rings. The molecule has 28 heavy (non-hydrogen) atoms. The van der Waals surface area contributed by atoms with Crippen molar-refractivity contribution in [2.75, 3.05) is 33.2 Å². The van der Waals surface area contributed by atoms with Gasteiger partial charge in [0.2, 0.25) is 5.75 Å². The molecule has 6 heteroatoms. The normalized spacial score (nSPS) is 13.4. The average Bonchev–Trinajstić information content (AvgIpc) is 2.71. The lowest BCUT2D eigenvalue weighted by Crippen LogP contribution is -2.16. The van der Waals surface area contributed by atoms with E-state index in [2.05, 4.69) is 0 Å². The molecule has 2 N–H and O–H groups in total. The van der Waals surface area contributed by atoms with Crippen molar-refractivity contribution in [2.24, 2.45) is 5.92 Å². The Morgan fingerprint density at radius 1 is 1.11 bits per heavy atom. The van der Waals surface area contributed by atoms with E-state index >= 15 is 0 Å². The largest absolute Gasteiger partial charge is 0.495 e. The van der Waals surface area contributed by atoms with Crippen LogP contribution in [0.2, 0.25) is 0 Å². The molecule has 0 saturated carbocycles. The fourth-order valence-electron chi connectivity index (χ4n) is 3.11. The summed E-state index contributed by atoms with van der Waals surface area (Å²) in [5.41, 5.74) is 8.27. The van der Waals surface area contributed by atoms with Gasteiger partial charge in [0, 0.05) is 16.7 Å². The van der Waals surface area contributed by atoms with E-state index in [4.69, 9.17) is 24.7 Å². The van der Waals surface area contributed by atoms with Crippen molar-refractivity contribution in [2.45, 2.75) is 13.8 Å². The molecule has 2 aromatic carbocycles. The van der Waals surface area contributed by atoms with E-state index in [0.717, 1.165) is 5.56 Å². The zero-order valence-electron chi connectivity index (χ0n) is 16.6. The van der Waals surface area contributed by atoms with E-state index < -0.39 is 0 Å². The lowest BCUT2D eigenvalue weighted by molar-refractivity contribution is 0.102. The summed E-state index contributed by atoms with van der Waals surface area (Å²) in [4.78, 5) is 13.2. The predicted octanol–water partition coefficient (Wildman–Crippen LogP) is 3.98. The Bertz CT molecular complexity index is 917. The molecule has 0 amide bonds. The second-order valence-electron chi connectivity index (χ2n) is 6.75. The van der Waals surface area contributed by atoms with Crippen molar-refractivity contribution in [3.63, 3.8) is 0 Å². The number of carbonyl (C=O) groups is 1. The van der Waals surface area contributed by atoms with Gasteiger partial charge >= 0.3 is 0 Å². The zero-order valence-corrected chi connectivity index (χ0v) is 16.6. The highest BCUT2D eigenvalue weighted by Gasteiger charge is 2.22. The van der Waals surface area contributed by atoms with Gasteiger partial charge in [-0.05, 0) is 42.3 Å². The molecular weight excluding hydrogens is 358 g/mol. The van der Waals surface area contributed by atoms with E-state index in [9.17, 15) is 4.79 Å². The van der Waals surface area contributed by atoms with Crippen LogP contribution in [-0.2, 0) is 0 Å². The van der Waals surface area contributed by atoms with E-state index in [-0.39, 0.29) is 11.7 Å². The maximum absolute atomic E-state index is 13.2. The minimum absolute atomic E-state index is 0.00560. The van der Waals surface area contributed by atoms with Gasteiger partial charge in [0.05, 0.1) is 19.9 Å². The molecule has 148 valence electrons. The highest BCUT2D eigenvalue weighted by atomic mass is 16.6. The molecule has 2 aromatic rings. The molecule has 1 aliphatic rings. The summed E-state index contributed by atoms with van der Waals surface area (Å²) in [6.45, 7) is 4.91. The number of rotatable bonds is 6. The van der Waals surface area contributed by atoms with Crippen LogP contribution < -0.4 is 24.7 Å². The number of carbonyl (C=O) groups excluding carboxylic acids is 1. The number of hydrogen-bond donors (Lipinski definition) is 1. The molecule has 1 aliphatic heterocycles. The van der Waals surface area contributed by atoms with Crippen molar-refractivity contribution < 1.29 is 23.7 Å². The molecule has 0 spiro atoms. The number of fused-ring (bicyclic) bond motifs is 1. The summed E-state index contributed by atoms with van der Waals surface area (Å²) >= 11 is 0. The van der Waals surface area contributed by atoms with Crippen LogP contribution in [0, 0.1) is 5.92 Å². The van der Waals surface area contributed by atoms with Gasteiger partial charge in [0.25, 0.3) is 0 Å². The van der Waals surface area contributed by atoms with Gasteiger partial charge in [-0.25, -0.2) is 0 Å². The molecule has 0 bridgehead atoms. The quantitative estimate of drug-likeness (QED) is 0.462. The first-order chi connectivity index (χ1) is 13.5. The summed E-state index contributed by atoms with van der Waals surface area (Å²) in [5, 5.41) is 0. The highest BCUT2D eigenvalue weighted by molar-refractivity contribution is 6.12. The Morgan fingerprint density at radius 2 is 1.86 bits per heavy atom. The van der Waals surface area contributed by atoms with Crippen LogP contribution in [0.4, 0.5) is 5.69 Å². The first-order valence-corrected chi connectivity index (χ1v) is 9.12. The third-order valence-corrected chi connectivity index (χ3v) is 4.59. The maximum Gasteiger partial charge on any atom is 0.204 e. The maximum atomic E-state index is 13.2. The van der Waals surface area contributed by atoms with Gasteiger partial charge in [0.1, 0.15) is 19.0 Å². The number of Topliss-reactive ketones (excluding diaryl/α,β-unsaturated/α-hetero) is 1. The van der Waals surface area contributed by atoms with Crippen molar-refractivity contribution in [1.29, 1.82) is 0 Å². The lowest BCUT2D eigenvalue weighted by Gasteiger charge is -2.22. The van der Waals surface area contributed by atoms with E-state index in [0.29, 0.717) is 53.0 Å². The minimum atomic E-state index is -0.0924. The monoisotopic (exact) mass is 383 g/mol. The molecule has 0 radical (unpaired) electrons. The Labute approximate surface area is 164 Å². The molecule has 3 rings (SSSR count). The van der Waals surface area contributed by atoms with Crippen LogP contribution in [0.25, 0.3) is 6.08 Å². The van der Waals surface area contributed by atoms with Gasteiger partial charge in [-0.3, -0.25) is 4.79 Å². The number of nitrogen functional groups attached to an aromatic ring is 1. The van der Waals surface area contributed by atoms with Gasteiger partial charge in [-0.2, -0.15) is 0 Å². The van der Waals surface area contributed by atoms with Gasteiger partial charge < -0.3 is 24.7 Å². The fraction of sp³-hybridized carbons (Fsp3) is 0.318. The number of hydrogen-bond acceptors (Lipinski definition) is 6. The van der Waals surface area contributed by atoms with Gasteiger partial charge in [0.15, 0.2) is 17.3 Å². The second-order valence-corrected chi connectivity index (χ2v) is 6.75. The molecule has 0 saturated heterocycles. The van der Waals surface area contributed by atoms with Gasteiger partial charge in [-0.1, -0.05) is 13.8 Å². The molecule has 0 atom stereocenters. The molecule has 0 aliphatic carbocycles. The summed E-state index contributed by atoms with van der Waals surface area (Å²) in [5.74, 6) is 2.14. The van der Waals surface area contributed by atoms with Gasteiger partial charge in [-0.15, -0.1) is 0 Å². The number of anilines is 1. The molecule has 6 nitrogen and oxygen atoms in total. The van der Waals surface area contributed by atoms with Crippen LogP contribution in [0.15, 0.2) is 35.9 Å². The average molecular weight is 383 g/mol. The third-order valence-electron chi connectivity index (χ3n) is 4.59. The summed E-state index contributed by atoms with van der Waals surface area (Å²) < 4.78 is 22.1. The zero-order chi connectivity index (χ0) is 20.3. The molecular formula is C22H25NO5. The minimum Gasteiger partial charge on any atom is -0.495 e. The standard InChI is InChI=1S/C22H25NO5/c1-13(2)16(20(24)14-5-7-17(23)19(12-14)25-3)11-15-6-8-18-22(21(15)26-4)28-10-9-27-18/h5-8,11-13H,9-10,23H2,1-4H3. The molecule has 1 heterocycles. The number of nitrogens with two attached hydrogens (primary N) is 1. The smallest absolute Gasteiger partial charge is 0.204 e. The second kappa shape index (κ2) is 8.25. The van der Waals surface area contributed by atoms with Crippen LogP contribution >= 0.6 is 0 Å². The summed E-state index contributed by atoms with van der Waals surface area (Å²) in [6, 6.07) is 8.74. The summed E-state index contributed by atoms with van der Waals surface area (Å²) in [6.07, 6.45) is 1.84. The third kappa shape index (κ3) is 3.76. The number of methoxy groups -OCH3 is 2. The Morgan fingerprint density at radius 3 is 2.54 bits per heavy atom. The van der Waals surface area contributed by atoms with Crippen molar-refractivity contribution >= 4 is 17.5 Å². The van der Waals surface area contributed by atoms with Crippen LogP contribution in [0.1, 0.15) is 29.8 Å². The van der Waals surface area contributed by atoms with E-state index in [1.807, 2.05) is 32.1 Å². The number of benzene rings is 2. The highest BCUT2D eigenvalue weighted by Crippen LogP contribution is 2.43. The molecule has 0 aromatic heterocycles. The predicted molar refractivity (Wildman–Crippen MR) is 109 cm³/mol. The SMILES string of the molecule is COc1cc(C(=O)C(=Cc2ccc3c(c2OC)OCCO3)C(C)C)ccc1N. The lowest BCUT2D eigenvalue weighted by atomic mass is 9.92. The van der Waals surface area contributed by atoms with Crippen molar-refractivity contribution in [3.8, 4) is 23.0 Å². The Kier molecular flexibility index (Phi) is 5.78. The van der Waals surface area contributed by atoms with Crippen LogP contribution in [-0.4, -0.2) is 33.2 Å². The Balaban J connectivity index is 2.05. The Hall–Kier alpha value is -3.15. The van der Waals surface area contributed by atoms with Crippen LogP contribution in [0.5, 0.6) is 23.0 Å². The first kappa shape index (κ1) is 19.6. The topological polar surface area (TPSA) is 80.0 Å². The van der Waals surface area contributed by atoms with Crippen LogP contribution in [0.3, 0.4) is 0 Å². The molecule has 0 unspecified atom stereocenters. The van der Waals surface area contributed by atoms with Crippen molar-refractivity contribution in [3.05, 3.63) is 47.0 Å². The first-order valence-electron chi connectivity index (χ1n) is 9.12. The number of ether oxygens (including phenoxy) is 4. The van der Waals surface area contributed by atoms with E-state index in [1.165, 1.54) is 7.11 Å². The fourth-order valence-corrected chi connectivity index (χ4v) is 3.11. The van der Waals surface area contributed by atoms with E-state index in [1.54, 1.807) is 25.3 Å². The summed E-state index contributed by atoms with van der Waals surface area (Å²) in [7, 11) is 3.10.